The number of piperidine rings is 1. The van der Waals surface area contributed by atoms with Crippen molar-refractivity contribution < 1.29 is 14.3 Å². The Bertz CT molecular complexity index is 601. The number of rotatable bonds is 3. The molecule has 0 N–H and O–H groups in total. The van der Waals surface area contributed by atoms with Crippen molar-refractivity contribution in [3.05, 3.63) is 21.3 Å². The van der Waals surface area contributed by atoms with Crippen molar-refractivity contribution in [1.29, 1.82) is 0 Å². The molecule has 0 bridgehead atoms. The Balaban J connectivity index is 1.73. The largest absolute Gasteiger partial charge is 0.493 e. The molecule has 1 aromatic rings. The summed E-state index contributed by atoms with van der Waals surface area (Å²) in [4.78, 5) is 15.0. The molecule has 0 aromatic heterocycles. The van der Waals surface area contributed by atoms with Gasteiger partial charge in [-0.1, -0.05) is 19.3 Å². The Kier molecular flexibility index (Phi) is 5.57. The first-order chi connectivity index (χ1) is 11.6. The van der Waals surface area contributed by atoms with E-state index in [2.05, 4.69) is 22.6 Å². The molecule has 1 aromatic carbocycles. The molecule has 1 heterocycles. The van der Waals surface area contributed by atoms with Gasteiger partial charge in [-0.05, 0) is 65.8 Å². The molecule has 1 amide bonds. The first kappa shape index (κ1) is 17.8. The van der Waals surface area contributed by atoms with Crippen LogP contribution in [0.15, 0.2) is 12.1 Å². The van der Waals surface area contributed by atoms with Crippen LogP contribution in [-0.4, -0.2) is 38.1 Å². The normalized spacial score (nSPS) is 20.0. The van der Waals surface area contributed by atoms with Crippen molar-refractivity contribution >= 4 is 28.5 Å². The summed E-state index contributed by atoms with van der Waals surface area (Å²) in [7, 11) is 3.22. The Hall–Kier alpha value is -0.980. The van der Waals surface area contributed by atoms with E-state index >= 15 is 0 Å². The van der Waals surface area contributed by atoms with E-state index in [1.807, 2.05) is 17.0 Å². The minimum atomic E-state index is 0.117. The lowest BCUT2D eigenvalue weighted by Crippen LogP contribution is -2.44. The molecule has 1 saturated carbocycles. The molecule has 0 atom stereocenters. The third-order valence-electron chi connectivity index (χ3n) is 5.73. The molecule has 1 saturated heterocycles. The van der Waals surface area contributed by atoms with E-state index < -0.39 is 0 Å². The third-order valence-corrected chi connectivity index (χ3v) is 6.62. The summed E-state index contributed by atoms with van der Waals surface area (Å²) >= 11 is 2.21. The zero-order valence-corrected chi connectivity index (χ0v) is 16.7. The highest BCUT2D eigenvalue weighted by Gasteiger charge is 2.37. The van der Waals surface area contributed by atoms with Gasteiger partial charge in [0.2, 0.25) is 0 Å². The maximum atomic E-state index is 13.0. The minimum absolute atomic E-state index is 0.117. The number of ether oxygens (including phenoxy) is 2. The van der Waals surface area contributed by atoms with Gasteiger partial charge in [-0.3, -0.25) is 4.79 Å². The summed E-state index contributed by atoms with van der Waals surface area (Å²) in [6, 6.07) is 3.69. The number of likely N-dealkylation sites (tertiary alicyclic amines) is 1. The lowest BCUT2D eigenvalue weighted by Gasteiger charge is -2.44. The molecule has 24 heavy (non-hydrogen) atoms. The summed E-state index contributed by atoms with van der Waals surface area (Å²) < 4.78 is 11.6. The standard InChI is InChI=1S/C19H26INO3/c1-23-16-12-14(15(20)13-17(16)24-2)18(22)21-10-8-19(9-11-21)6-4-3-5-7-19/h12-13H,3-11H2,1-2H3. The molecule has 5 heteroatoms. The second-order valence-corrected chi connectivity index (χ2v) is 8.20. The number of carbonyl (C=O) groups is 1. The molecule has 132 valence electrons. The summed E-state index contributed by atoms with van der Waals surface area (Å²) in [5.41, 5.74) is 1.23. The van der Waals surface area contributed by atoms with Crippen molar-refractivity contribution in [2.24, 2.45) is 5.41 Å². The predicted molar refractivity (Wildman–Crippen MR) is 103 cm³/mol. The van der Waals surface area contributed by atoms with E-state index in [1.165, 1.54) is 32.1 Å². The first-order valence-electron chi connectivity index (χ1n) is 8.79. The van der Waals surface area contributed by atoms with E-state index in [0.717, 1.165) is 29.5 Å². The molecule has 0 radical (unpaired) electrons. The third kappa shape index (κ3) is 3.51. The fourth-order valence-electron chi connectivity index (χ4n) is 4.17. The van der Waals surface area contributed by atoms with E-state index in [0.29, 0.717) is 22.5 Å². The highest BCUT2D eigenvalue weighted by molar-refractivity contribution is 14.1. The monoisotopic (exact) mass is 443 g/mol. The van der Waals surface area contributed by atoms with Gasteiger partial charge in [0.15, 0.2) is 11.5 Å². The molecule has 1 spiro atoms. The Labute approximate surface area is 158 Å². The van der Waals surface area contributed by atoms with Crippen molar-refractivity contribution in [2.75, 3.05) is 27.3 Å². The van der Waals surface area contributed by atoms with Crippen molar-refractivity contribution in [3.63, 3.8) is 0 Å². The van der Waals surface area contributed by atoms with Gasteiger partial charge in [0.05, 0.1) is 19.8 Å². The Morgan fingerprint density at radius 3 is 2.17 bits per heavy atom. The van der Waals surface area contributed by atoms with Crippen LogP contribution in [0.25, 0.3) is 0 Å². The quantitative estimate of drug-likeness (QED) is 0.647. The SMILES string of the molecule is COc1cc(I)c(C(=O)N2CCC3(CCCCC3)CC2)cc1OC. The van der Waals surface area contributed by atoms with Gasteiger partial charge in [0.1, 0.15) is 0 Å². The molecular formula is C19H26INO3. The van der Waals surface area contributed by atoms with Crippen LogP contribution in [0.3, 0.4) is 0 Å². The van der Waals surface area contributed by atoms with Crippen LogP contribution in [0.4, 0.5) is 0 Å². The lowest BCUT2D eigenvalue weighted by molar-refractivity contribution is 0.0471. The van der Waals surface area contributed by atoms with Crippen LogP contribution in [-0.2, 0) is 0 Å². The van der Waals surface area contributed by atoms with Crippen molar-refractivity contribution in [2.45, 2.75) is 44.9 Å². The highest BCUT2D eigenvalue weighted by Crippen LogP contribution is 2.44. The van der Waals surface area contributed by atoms with Gasteiger partial charge in [0, 0.05) is 16.7 Å². The van der Waals surface area contributed by atoms with Crippen LogP contribution in [0.2, 0.25) is 0 Å². The number of methoxy groups -OCH3 is 2. The van der Waals surface area contributed by atoms with Crippen LogP contribution in [0.1, 0.15) is 55.3 Å². The van der Waals surface area contributed by atoms with Crippen LogP contribution in [0.5, 0.6) is 11.5 Å². The molecular weight excluding hydrogens is 417 g/mol. The zero-order valence-electron chi connectivity index (χ0n) is 14.6. The van der Waals surface area contributed by atoms with Crippen LogP contribution in [0, 0.1) is 8.99 Å². The summed E-state index contributed by atoms with van der Waals surface area (Å²) in [6.07, 6.45) is 9.12. The predicted octanol–water partition coefficient (Wildman–Crippen LogP) is 4.49. The van der Waals surface area contributed by atoms with E-state index in [9.17, 15) is 4.79 Å². The zero-order chi connectivity index (χ0) is 17.2. The van der Waals surface area contributed by atoms with Crippen molar-refractivity contribution in [3.8, 4) is 11.5 Å². The second-order valence-electron chi connectivity index (χ2n) is 7.04. The summed E-state index contributed by atoms with van der Waals surface area (Å²) in [5.74, 6) is 1.39. The van der Waals surface area contributed by atoms with E-state index in [4.69, 9.17) is 9.47 Å². The van der Waals surface area contributed by atoms with E-state index in [-0.39, 0.29) is 5.91 Å². The number of nitrogens with zero attached hydrogens (tertiary/aromatic N) is 1. The summed E-state index contributed by atoms with van der Waals surface area (Å²) in [5, 5.41) is 0. The van der Waals surface area contributed by atoms with Crippen molar-refractivity contribution in [1.82, 2.24) is 4.90 Å². The minimum Gasteiger partial charge on any atom is -0.493 e. The Morgan fingerprint density at radius 2 is 1.58 bits per heavy atom. The first-order valence-corrected chi connectivity index (χ1v) is 9.87. The number of benzene rings is 1. The van der Waals surface area contributed by atoms with Crippen LogP contribution < -0.4 is 9.47 Å². The lowest BCUT2D eigenvalue weighted by atomic mass is 9.68. The molecule has 1 aliphatic carbocycles. The molecule has 2 fully saturated rings. The topological polar surface area (TPSA) is 38.8 Å². The smallest absolute Gasteiger partial charge is 0.255 e. The van der Waals surface area contributed by atoms with Gasteiger partial charge in [-0.15, -0.1) is 0 Å². The number of amides is 1. The van der Waals surface area contributed by atoms with E-state index in [1.54, 1.807) is 14.2 Å². The molecule has 4 nitrogen and oxygen atoms in total. The Morgan fingerprint density at radius 1 is 1.00 bits per heavy atom. The number of hydrogen-bond donors (Lipinski definition) is 0. The van der Waals surface area contributed by atoms with Crippen LogP contribution >= 0.6 is 22.6 Å². The summed E-state index contributed by atoms with van der Waals surface area (Å²) in [6.45, 7) is 1.76. The van der Waals surface area contributed by atoms with Gasteiger partial charge in [0.25, 0.3) is 5.91 Å². The fraction of sp³-hybridized carbons (Fsp3) is 0.632. The number of hydrogen-bond acceptors (Lipinski definition) is 3. The maximum Gasteiger partial charge on any atom is 0.255 e. The average Bonchev–Trinajstić information content (AvgIpc) is 2.62. The van der Waals surface area contributed by atoms with Gasteiger partial charge < -0.3 is 14.4 Å². The highest BCUT2D eigenvalue weighted by atomic mass is 127. The van der Waals surface area contributed by atoms with Gasteiger partial charge in [-0.25, -0.2) is 0 Å². The fourth-order valence-corrected chi connectivity index (χ4v) is 4.84. The molecule has 0 unspecified atom stereocenters. The second kappa shape index (κ2) is 7.50. The van der Waals surface area contributed by atoms with Gasteiger partial charge >= 0.3 is 0 Å². The molecule has 1 aliphatic heterocycles. The average molecular weight is 443 g/mol. The number of halogens is 1. The molecule has 2 aliphatic rings. The van der Waals surface area contributed by atoms with Gasteiger partial charge in [-0.2, -0.15) is 0 Å². The maximum absolute atomic E-state index is 13.0. The molecule has 3 rings (SSSR count). The number of carbonyl (C=O) groups excluding carboxylic acids is 1.